The van der Waals surface area contributed by atoms with E-state index in [-0.39, 0.29) is 25.0 Å². The summed E-state index contributed by atoms with van der Waals surface area (Å²) < 4.78 is 4.73. The maximum atomic E-state index is 11.3. The van der Waals surface area contributed by atoms with E-state index in [0.717, 1.165) is 4.88 Å². The lowest BCUT2D eigenvalue weighted by Crippen LogP contribution is -2.36. The number of esters is 1. The first kappa shape index (κ1) is 13.5. The van der Waals surface area contributed by atoms with E-state index in [1.807, 2.05) is 17.5 Å². The molecule has 0 fully saturated rings. The Balaban J connectivity index is 2.07. The molecule has 0 aliphatic carbocycles. The van der Waals surface area contributed by atoms with Crippen LogP contribution < -0.4 is 10.6 Å². The summed E-state index contributed by atoms with van der Waals surface area (Å²) in [5, 5.41) is 7.24. The van der Waals surface area contributed by atoms with Crippen molar-refractivity contribution in [1.29, 1.82) is 0 Å². The van der Waals surface area contributed by atoms with Gasteiger partial charge in [0.1, 0.15) is 0 Å². The molecule has 0 saturated heterocycles. The molecule has 0 spiro atoms. The van der Waals surface area contributed by atoms with Gasteiger partial charge in [0, 0.05) is 11.4 Å². The van der Waals surface area contributed by atoms with Gasteiger partial charge in [0.15, 0.2) is 0 Å². The van der Waals surface area contributed by atoms with Crippen molar-refractivity contribution in [3.05, 3.63) is 22.4 Å². The lowest BCUT2D eigenvalue weighted by atomic mass is 10.4. The third kappa shape index (κ3) is 5.91. The predicted molar refractivity (Wildman–Crippen MR) is 65.8 cm³/mol. The second-order valence-electron chi connectivity index (χ2n) is 3.24. The van der Waals surface area contributed by atoms with Crippen LogP contribution in [0.15, 0.2) is 17.5 Å². The lowest BCUT2D eigenvalue weighted by Gasteiger charge is -2.06. The van der Waals surface area contributed by atoms with Gasteiger partial charge in [-0.05, 0) is 18.4 Å². The minimum atomic E-state index is -0.300. The van der Waals surface area contributed by atoms with Crippen molar-refractivity contribution in [2.24, 2.45) is 0 Å². The minimum Gasteiger partial charge on any atom is -0.466 e. The number of carbonyl (C=O) groups is 2. The Hall–Kier alpha value is -1.56. The van der Waals surface area contributed by atoms with Gasteiger partial charge in [-0.3, -0.25) is 4.79 Å². The standard InChI is InChI=1S/C11H16N2O3S/c1-2-16-10(14)5-6-12-11(15)13-8-9-4-3-7-17-9/h3-4,7H,2,5-6,8H2,1H3,(H2,12,13,15). The third-order valence-electron chi connectivity index (χ3n) is 1.92. The van der Waals surface area contributed by atoms with Crippen LogP contribution in [0.2, 0.25) is 0 Å². The molecule has 17 heavy (non-hydrogen) atoms. The van der Waals surface area contributed by atoms with Crippen LogP contribution in [0.4, 0.5) is 4.79 Å². The van der Waals surface area contributed by atoms with Crippen molar-refractivity contribution < 1.29 is 14.3 Å². The smallest absolute Gasteiger partial charge is 0.315 e. The zero-order valence-corrected chi connectivity index (χ0v) is 10.5. The summed E-state index contributed by atoms with van der Waals surface area (Å²) in [6, 6.07) is 3.60. The molecule has 2 amide bonds. The van der Waals surface area contributed by atoms with Crippen LogP contribution in [0.5, 0.6) is 0 Å². The van der Waals surface area contributed by atoms with E-state index < -0.39 is 0 Å². The Morgan fingerprint density at radius 1 is 1.41 bits per heavy atom. The van der Waals surface area contributed by atoms with E-state index in [1.165, 1.54) is 0 Å². The molecule has 5 nitrogen and oxygen atoms in total. The summed E-state index contributed by atoms with van der Waals surface area (Å²) in [5.74, 6) is -0.300. The Morgan fingerprint density at radius 2 is 2.24 bits per heavy atom. The van der Waals surface area contributed by atoms with Crippen LogP contribution in [-0.4, -0.2) is 25.2 Å². The van der Waals surface area contributed by atoms with Gasteiger partial charge >= 0.3 is 12.0 Å². The maximum Gasteiger partial charge on any atom is 0.315 e. The zero-order chi connectivity index (χ0) is 12.5. The molecule has 0 radical (unpaired) electrons. The first-order chi connectivity index (χ1) is 8.22. The molecule has 1 aromatic heterocycles. The lowest BCUT2D eigenvalue weighted by molar-refractivity contribution is -0.142. The summed E-state index contributed by atoms with van der Waals surface area (Å²) in [7, 11) is 0. The fraction of sp³-hybridized carbons (Fsp3) is 0.455. The summed E-state index contributed by atoms with van der Waals surface area (Å²) in [6.07, 6.45) is 0.195. The van der Waals surface area contributed by atoms with Crippen molar-refractivity contribution in [3.63, 3.8) is 0 Å². The number of urea groups is 1. The number of ether oxygens (including phenoxy) is 1. The van der Waals surface area contributed by atoms with E-state index in [4.69, 9.17) is 4.74 Å². The minimum absolute atomic E-state index is 0.195. The van der Waals surface area contributed by atoms with Gasteiger partial charge in [-0.25, -0.2) is 4.79 Å². The number of hydrogen-bond donors (Lipinski definition) is 2. The Kier molecular flexibility index (Phi) is 6.09. The number of thiophene rings is 1. The Labute approximate surface area is 104 Å². The van der Waals surface area contributed by atoms with E-state index in [2.05, 4.69) is 10.6 Å². The molecule has 0 atom stereocenters. The number of carbonyl (C=O) groups excluding carboxylic acids is 2. The molecule has 1 aromatic rings. The molecular formula is C11H16N2O3S. The summed E-state index contributed by atoms with van der Waals surface area (Å²) in [6.45, 7) is 2.90. The molecule has 0 aliphatic heterocycles. The van der Waals surface area contributed by atoms with Gasteiger partial charge in [-0.2, -0.15) is 0 Å². The maximum absolute atomic E-state index is 11.3. The quantitative estimate of drug-likeness (QED) is 0.758. The van der Waals surface area contributed by atoms with Gasteiger partial charge in [0.25, 0.3) is 0 Å². The highest BCUT2D eigenvalue weighted by Crippen LogP contribution is 2.06. The van der Waals surface area contributed by atoms with Crippen LogP contribution in [-0.2, 0) is 16.1 Å². The molecule has 2 N–H and O–H groups in total. The molecule has 0 aliphatic rings. The van der Waals surface area contributed by atoms with E-state index in [9.17, 15) is 9.59 Å². The van der Waals surface area contributed by atoms with E-state index in [1.54, 1.807) is 18.3 Å². The molecule has 94 valence electrons. The summed E-state index contributed by atoms with van der Waals surface area (Å²) in [5.41, 5.74) is 0. The van der Waals surface area contributed by atoms with Crippen LogP contribution >= 0.6 is 11.3 Å². The first-order valence-corrected chi connectivity index (χ1v) is 6.30. The molecule has 1 rings (SSSR count). The highest BCUT2D eigenvalue weighted by atomic mass is 32.1. The predicted octanol–water partition coefficient (Wildman–Crippen LogP) is 1.50. The molecular weight excluding hydrogens is 240 g/mol. The van der Waals surface area contributed by atoms with Gasteiger partial charge in [0.2, 0.25) is 0 Å². The van der Waals surface area contributed by atoms with Crippen LogP contribution in [0.1, 0.15) is 18.2 Å². The Morgan fingerprint density at radius 3 is 2.88 bits per heavy atom. The van der Waals surface area contributed by atoms with Crippen LogP contribution in [0, 0.1) is 0 Å². The van der Waals surface area contributed by atoms with Crippen LogP contribution in [0.25, 0.3) is 0 Å². The van der Waals surface area contributed by atoms with Gasteiger partial charge in [-0.15, -0.1) is 11.3 Å². The van der Waals surface area contributed by atoms with Crippen molar-refractivity contribution in [3.8, 4) is 0 Å². The first-order valence-electron chi connectivity index (χ1n) is 5.42. The molecule has 0 bridgehead atoms. The number of rotatable bonds is 6. The normalized spacial score (nSPS) is 9.71. The number of nitrogens with one attached hydrogen (secondary N) is 2. The Bertz CT molecular complexity index is 352. The second-order valence-corrected chi connectivity index (χ2v) is 4.28. The topological polar surface area (TPSA) is 67.4 Å². The van der Waals surface area contributed by atoms with E-state index in [0.29, 0.717) is 13.2 Å². The van der Waals surface area contributed by atoms with Gasteiger partial charge < -0.3 is 15.4 Å². The third-order valence-corrected chi connectivity index (χ3v) is 2.80. The largest absolute Gasteiger partial charge is 0.466 e. The molecule has 0 aromatic carbocycles. The van der Waals surface area contributed by atoms with Gasteiger partial charge in [-0.1, -0.05) is 6.07 Å². The summed E-state index contributed by atoms with van der Waals surface area (Å²) in [4.78, 5) is 23.4. The van der Waals surface area contributed by atoms with Crippen molar-refractivity contribution in [2.45, 2.75) is 19.9 Å². The van der Waals surface area contributed by atoms with Crippen molar-refractivity contribution in [1.82, 2.24) is 10.6 Å². The monoisotopic (exact) mass is 256 g/mol. The molecule has 0 unspecified atom stereocenters. The number of hydrogen-bond acceptors (Lipinski definition) is 4. The van der Waals surface area contributed by atoms with E-state index >= 15 is 0 Å². The molecule has 6 heteroatoms. The molecule has 1 heterocycles. The summed E-state index contributed by atoms with van der Waals surface area (Å²) >= 11 is 1.58. The average Bonchev–Trinajstić information content (AvgIpc) is 2.79. The number of amides is 2. The van der Waals surface area contributed by atoms with Gasteiger partial charge in [0.05, 0.1) is 19.6 Å². The second kappa shape index (κ2) is 7.67. The average molecular weight is 256 g/mol. The van der Waals surface area contributed by atoms with Crippen molar-refractivity contribution >= 4 is 23.3 Å². The fourth-order valence-electron chi connectivity index (χ4n) is 1.15. The highest BCUT2D eigenvalue weighted by molar-refractivity contribution is 7.09. The SMILES string of the molecule is CCOC(=O)CCNC(=O)NCc1cccs1. The van der Waals surface area contributed by atoms with Crippen LogP contribution in [0.3, 0.4) is 0 Å². The zero-order valence-electron chi connectivity index (χ0n) is 9.69. The van der Waals surface area contributed by atoms with Crippen molar-refractivity contribution in [2.75, 3.05) is 13.2 Å². The highest BCUT2D eigenvalue weighted by Gasteiger charge is 2.04. The fourth-order valence-corrected chi connectivity index (χ4v) is 1.80. The molecule has 0 saturated carbocycles.